The van der Waals surface area contributed by atoms with E-state index in [-0.39, 0.29) is 62.1 Å². The van der Waals surface area contributed by atoms with Crippen LogP contribution in [0.5, 0.6) is 0 Å². The number of nitrogens with one attached hydrogen (secondary N) is 1. The topological polar surface area (TPSA) is 50.9 Å². The second-order valence-corrected chi connectivity index (χ2v) is 7.04. The van der Waals surface area contributed by atoms with Gasteiger partial charge in [-0.05, 0) is 36.4 Å². The van der Waals surface area contributed by atoms with E-state index in [2.05, 4.69) is 32.7 Å². The second kappa shape index (κ2) is 9.85. The van der Waals surface area contributed by atoms with Crippen molar-refractivity contribution in [2.24, 2.45) is 23.7 Å². The molecule has 5 atom stereocenters. The van der Waals surface area contributed by atoms with Gasteiger partial charge in [0.25, 0.3) is 5.17 Å². The maximum Gasteiger partial charge on any atom is 0.269 e. The Kier molecular flexibility index (Phi) is 9.22. The fraction of sp³-hybridized carbons (Fsp3) is 0.765. The maximum absolute atomic E-state index is 8.75. The molecule has 0 aliphatic heterocycles. The van der Waals surface area contributed by atoms with Gasteiger partial charge in [-0.3, -0.25) is 4.57 Å². The minimum atomic E-state index is -0.0782. The van der Waals surface area contributed by atoms with Gasteiger partial charge < -0.3 is 10.5 Å². The summed E-state index contributed by atoms with van der Waals surface area (Å²) in [6.45, 7) is 8.85. The van der Waals surface area contributed by atoms with Gasteiger partial charge in [0.05, 0.1) is 0 Å². The molecule has 1 aliphatic rings. The van der Waals surface area contributed by atoms with E-state index in [0.717, 1.165) is 19.3 Å². The van der Waals surface area contributed by atoms with Crippen molar-refractivity contribution < 1.29 is 48.8 Å². The summed E-state index contributed by atoms with van der Waals surface area (Å²) in [5.41, 5.74) is 8.75. The van der Waals surface area contributed by atoms with Crippen LogP contribution in [0.2, 0.25) is 0 Å². The van der Waals surface area contributed by atoms with Crippen LogP contribution in [0.3, 0.4) is 0 Å². The van der Waals surface area contributed by atoms with Crippen LogP contribution in [0.15, 0.2) is 18.7 Å². The summed E-state index contributed by atoms with van der Waals surface area (Å²) in [6, 6.07) is -0.0782. The van der Waals surface area contributed by atoms with Crippen molar-refractivity contribution in [2.75, 3.05) is 0 Å². The van der Waals surface area contributed by atoms with Crippen LogP contribution in [0, 0.1) is 67.7 Å². The molecule has 1 N–H and O–H groups in total. The fourth-order valence-corrected chi connectivity index (χ4v) is 4.21. The molecule has 1 saturated carbocycles. The zero-order valence-corrected chi connectivity index (χ0v) is 20.2. The number of hydrogen-bond acceptors (Lipinski definition) is 3. The molecule has 1 aromatic heterocycles. The molecule has 1 heterocycles. The van der Waals surface area contributed by atoms with Crippen LogP contribution in [-0.2, 0) is 4.74 Å². The number of ether oxygens (including phenoxy) is 1. The first-order valence-corrected chi connectivity index (χ1v) is 8.80. The monoisotopic (exact) mass is 549 g/mol. The van der Waals surface area contributed by atoms with Gasteiger partial charge in [0.1, 0.15) is 12.4 Å². The van der Waals surface area contributed by atoms with Crippen molar-refractivity contribution in [1.82, 2.24) is 9.55 Å². The number of imidazole rings is 1. The third-order valence-electron chi connectivity index (χ3n) is 5.26. The Bertz CT molecular complexity index is 478. The smallest absolute Gasteiger partial charge is 0.269 e. The predicted molar refractivity (Wildman–Crippen MR) is 93.7 cm³/mol. The van der Waals surface area contributed by atoms with Crippen molar-refractivity contribution in [3.05, 3.63) is 24.5 Å². The van der Waals surface area contributed by atoms with Gasteiger partial charge >= 0.3 is 0 Å². The Morgan fingerprint density at radius 2 is 2.00 bits per heavy atom. The third-order valence-corrected chi connectivity index (χ3v) is 5.57. The zero-order valence-electron chi connectivity index (χ0n) is 14.6. The molecule has 6 heteroatoms. The first kappa shape index (κ1) is 21.5. The number of rotatable bonds is 5. The van der Waals surface area contributed by atoms with Crippen LogP contribution >= 0.6 is 12.2 Å². The summed E-state index contributed by atoms with van der Waals surface area (Å²) in [7, 11) is 0. The minimum absolute atomic E-state index is 0. The molecule has 23 heavy (non-hydrogen) atoms. The summed E-state index contributed by atoms with van der Waals surface area (Å²) in [6.07, 6.45) is 8.43. The molecule has 5 unspecified atom stereocenters. The fourth-order valence-electron chi connectivity index (χ4n) is 3.99. The van der Waals surface area contributed by atoms with Gasteiger partial charge in [0.2, 0.25) is 0 Å². The van der Waals surface area contributed by atoms with Gasteiger partial charge in [-0.1, -0.05) is 46.5 Å². The number of thiocarbonyl (C=S) groups is 1. The number of aromatic nitrogens is 2. The first-order chi connectivity index (χ1) is 10.5. The summed E-state index contributed by atoms with van der Waals surface area (Å²) in [5.74, 6) is 1.63. The SMILES string of the molecule is CCC(CC)C([NH-])C1C(C)CC(C)C1OC(=S)n1ccnc1.[Ac]. The molecule has 127 valence electrons. The molecular formula is C17H28AcN3OS-. The van der Waals surface area contributed by atoms with Crippen LogP contribution in [0.4, 0.5) is 0 Å². The average molecular weight is 549 g/mol. The molecule has 1 radical (unpaired) electrons. The Balaban J connectivity index is 0.00000264. The third kappa shape index (κ3) is 5.00. The number of nitrogens with zero attached hydrogens (tertiary/aromatic N) is 2. The largest absolute Gasteiger partial charge is 0.674 e. The maximum atomic E-state index is 8.75. The molecule has 0 aromatic carbocycles. The van der Waals surface area contributed by atoms with Crippen molar-refractivity contribution in [1.29, 1.82) is 0 Å². The Morgan fingerprint density at radius 3 is 2.52 bits per heavy atom. The Hall–Kier alpha value is 0.502. The molecule has 2 rings (SSSR count). The molecule has 1 aromatic rings. The van der Waals surface area contributed by atoms with E-state index < -0.39 is 0 Å². The van der Waals surface area contributed by atoms with E-state index in [1.165, 1.54) is 0 Å². The molecule has 0 amide bonds. The van der Waals surface area contributed by atoms with Crippen molar-refractivity contribution in [2.45, 2.75) is 59.1 Å². The normalized spacial score (nSPS) is 28.4. The minimum Gasteiger partial charge on any atom is -0.674 e. The van der Waals surface area contributed by atoms with Crippen molar-refractivity contribution >= 4 is 17.4 Å². The van der Waals surface area contributed by atoms with E-state index in [0.29, 0.717) is 22.9 Å². The van der Waals surface area contributed by atoms with Gasteiger partial charge in [-0.25, -0.2) is 4.98 Å². The first-order valence-electron chi connectivity index (χ1n) is 8.39. The van der Waals surface area contributed by atoms with E-state index in [1.54, 1.807) is 23.3 Å². The van der Waals surface area contributed by atoms with Crippen LogP contribution in [0.25, 0.3) is 5.73 Å². The summed E-state index contributed by atoms with van der Waals surface area (Å²) in [4.78, 5) is 4.02. The van der Waals surface area contributed by atoms with Crippen LogP contribution in [0.1, 0.15) is 47.0 Å². The quantitative estimate of drug-likeness (QED) is 0.507. The summed E-state index contributed by atoms with van der Waals surface area (Å²) in [5, 5.41) is 0.449. The molecule has 4 nitrogen and oxygen atoms in total. The molecule has 1 fully saturated rings. The standard InChI is InChI=1S/C17H28N3OS.Ac/c1-5-13(6-2)15(18)14-11(3)9-12(4)16(14)21-17(22)20-8-7-19-10-20;/h7-8,10-16,18H,5-6,9H2,1-4H3;/q-1;. The number of hydrogen-bond donors (Lipinski definition) is 0. The van der Waals surface area contributed by atoms with Crippen LogP contribution in [-0.4, -0.2) is 26.9 Å². The van der Waals surface area contributed by atoms with Crippen molar-refractivity contribution in [3.8, 4) is 0 Å². The molecular weight excluding hydrogens is 521 g/mol. The molecule has 0 spiro atoms. The Labute approximate surface area is 181 Å². The van der Waals surface area contributed by atoms with Gasteiger partial charge in [0, 0.05) is 56.5 Å². The molecule has 0 saturated heterocycles. The van der Waals surface area contributed by atoms with Gasteiger partial charge in [0.15, 0.2) is 0 Å². The average Bonchev–Trinajstić information content (AvgIpc) is 3.09. The van der Waals surface area contributed by atoms with E-state index >= 15 is 0 Å². The zero-order chi connectivity index (χ0) is 16.3. The van der Waals surface area contributed by atoms with Crippen molar-refractivity contribution in [3.63, 3.8) is 0 Å². The van der Waals surface area contributed by atoms with Crippen LogP contribution < -0.4 is 0 Å². The summed E-state index contributed by atoms with van der Waals surface area (Å²) >= 11 is 5.40. The predicted octanol–water partition coefficient (Wildman–Crippen LogP) is 4.55. The molecule has 1 aliphatic carbocycles. The van der Waals surface area contributed by atoms with Gasteiger partial charge in [-0.15, -0.1) is 6.04 Å². The Morgan fingerprint density at radius 1 is 1.35 bits per heavy atom. The van der Waals surface area contributed by atoms with E-state index in [9.17, 15) is 0 Å². The molecule has 0 bridgehead atoms. The second-order valence-electron chi connectivity index (χ2n) is 6.69. The van der Waals surface area contributed by atoms with E-state index in [4.69, 9.17) is 22.7 Å². The van der Waals surface area contributed by atoms with E-state index in [1.807, 2.05) is 0 Å². The summed E-state index contributed by atoms with van der Waals surface area (Å²) < 4.78 is 7.88. The van der Waals surface area contributed by atoms with Gasteiger partial charge in [-0.2, -0.15) is 0 Å².